The Morgan fingerprint density at radius 2 is 2.11 bits per heavy atom. The van der Waals surface area contributed by atoms with Gasteiger partial charge in [0.25, 0.3) is 5.56 Å². The molecule has 3 heterocycles. The van der Waals surface area contributed by atoms with Crippen molar-refractivity contribution >= 4 is 61.9 Å². The molecule has 3 aromatic rings. The summed E-state index contributed by atoms with van der Waals surface area (Å²) < 4.78 is 19.6. The van der Waals surface area contributed by atoms with E-state index >= 15 is 0 Å². The van der Waals surface area contributed by atoms with Crippen LogP contribution in [0.2, 0.25) is 0 Å². The van der Waals surface area contributed by atoms with E-state index in [1.807, 2.05) is 22.6 Å². The van der Waals surface area contributed by atoms with Crippen LogP contribution in [0.4, 0.5) is 0 Å². The molecule has 2 aliphatic heterocycles. The zero-order chi connectivity index (χ0) is 24.9. The Morgan fingerprint density at radius 1 is 1.34 bits per heavy atom. The first-order chi connectivity index (χ1) is 16.8. The minimum atomic E-state index is -0.766. The molecule has 0 saturated carbocycles. The third-order valence-corrected chi connectivity index (χ3v) is 7.84. The standard InChI is InChI=1S/C24H18BrIN2O6S/c1-3-32-23(31)19-11(2)27-24-28(20(19)12-4-5-16-17(7-12)34-10-33-16)22(30)18(35-24)8-13-6-14(25)9-15(26)21(13)29/h4-9,20,29H,3,10H2,1-2H3. The van der Waals surface area contributed by atoms with Crippen LogP contribution in [-0.2, 0) is 9.53 Å². The van der Waals surface area contributed by atoms with Crippen LogP contribution in [0, 0.1) is 3.57 Å². The minimum absolute atomic E-state index is 0.0790. The topological polar surface area (TPSA) is 99.4 Å². The number of halogens is 2. The van der Waals surface area contributed by atoms with Gasteiger partial charge in [-0.1, -0.05) is 33.3 Å². The summed E-state index contributed by atoms with van der Waals surface area (Å²) in [6.07, 6.45) is 1.63. The molecule has 5 rings (SSSR count). The number of benzene rings is 2. The van der Waals surface area contributed by atoms with Crippen molar-refractivity contribution in [1.29, 1.82) is 0 Å². The average Bonchev–Trinajstić information content (AvgIpc) is 3.40. The summed E-state index contributed by atoms with van der Waals surface area (Å²) in [5.41, 5.74) is 1.58. The molecule has 0 bridgehead atoms. The lowest BCUT2D eigenvalue weighted by molar-refractivity contribution is -0.139. The Labute approximate surface area is 225 Å². The normalized spacial score (nSPS) is 16.8. The lowest BCUT2D eigenvalue weighted by Gasteiger charge is -2.24. The number of ether oxygens (including phenoxy) is 3. The molecule has 1 atom stereocenters. The van der Waals surface area contributed by atoms with Gasteiger partial charge in [-0.05, 0) is 72.3 Å². The lowest BCUT2D eigenvalue weighted by atomic mass is 9.95. The summed E-state index contributed by atoms with van der Waals surface area (Å²) >= 11 is 6.65. The van der Waals surface area contributed by atoms with Crippen molar-refractivity contribution in [3.8, 4) is 17.2 Å². The van der Waals surface area contributed by atoms with Gasteiger partial charge in [-0.2, -0.15) is 0 Å². The lowest BCUT2D eigenvalue weighted by Crippen LogP contribution is -2.39. The molecule has 1 aromatic heterocycles. The summed E-state index contributed by atoms with van der Waals surface area (Å²) in [6.45, 7) is 3.75. The number of hydrogen-bond donors (Lipinski definition) is 1. The molecule has 8 nitrogen and oxygen atoms in total. The van der Waals surface area contributed by atoms with Gasteiger partial charge in [0.2, 0.25) is 6.79 Å². The van der Waals surface area contributed by atoms with Crippen molar-refractivity contribution in [2.45, 2.75) is 19.9 Å². The summed E-state index contributed by atoms with van der Waals surface area (Å²) in [7, 11) is 0. The smallest absolute Gasteiger partial charge is 0.338 e. The van der Waals surface area contributed by atoms with Crippen molar-refractivity contribution in [3.63, 3.8) is 0 Å². The Kier molecular flexibility index (Phi) is 6.49. The second-order valence-electron chi connectivity index (χ2n) is 7.74. The number of aromatic hydroxyl groups is 1. The van der Waals surface area contributed by atoms with Crippen LogP contribution in [0.25, 0.3) is 6.08 Å². The first kappa shape index (κ1) is 24.1. The quantitative estimate of drug-likeness (QED) is 0.337. The molecule has 2 aromatic carbocycles. The van der Waals surface area contributed by atoms with Gasteiger partial charge in [-0.25, -0.2) is 9.79 Å². The van der Waals surface area contributed by atoms with E-state index in [2.05, 4.69) is 20.9 Å². The largest absolute Gasteiger partial charge is 0.506 e. The highest BCUT2D eigenvalue weighted by Gasteiger charge is 2.34. The highest BCUT2D eigenvalue weighted by molar-refractivity contribution is 14.1. The molecule has 2 aliphatic rings. The summed E-state index contributed by atoms with van der Waals surface area (Å²) in [6, 6.07) is 8.08. The van der Waals surface area contributed by atoms with E-state index in [-0.39, 0.29) is 30.3 Å². The third-order valence-electron chi connectivity index (χ3n) is 5.57. The van der Waals surface area contributed by atoms with Crippen LogP contribution in [0.1, 0.15) is 31.0 Å². The number of aromatic nitrogens is 1. The van der Waals surface area contributed by atoms with Crippen LogP contribution < -0.4 is 24.4 Å². The summed E-state index contributed by atoms with van der Waals surface area (Å²) in [4.78, 5) is 31.7. The van der Waals surface area contributed by atoms with Gasteiger partial charge in [0.15, 0.2) is 16.3 Å². The maximum atomic E-state index is 13.7. The van der Waals surface area contributed by atoms with Crippen LogP contribution in [0.15, 0.2) is 55.9 Å². The Balaban J connectivity index is 1.75. The summed E-state index contributed by atoms with van der Waals surface area (Å²) in [5, 5.41) is 10.5. The number of rotatable bonds is 4. The monoisotopic (exact) mass is 668 g/mol. The SMILES string of the molecule is CCOC(=O)C1=C(C)N=c2sc(=Cc3cc(Br)cc(I)c3O)c(=O)n2C1c1ccc2c(c1)OCO2. The molecule has 0 amide bonds. The van der Waals surface area contributed by atoms with Crippen molar-refractivity contribution < 1.29 is 24.1 Å². The third kappa shape index (κ3) is 4.29. The van der Waals surface area contributed by atoms with Gasteiger partial charge in [0, 0.05) is 10.0 Å². The first-order valence-corrected chi connectivity index (χ1v) is 13.2. The zero-order valence-electron chi connectivity index (χ0n) is 18.5. The van der Waals surface area contributed by atoms with E-state index in [1.54, 1.807) is 50.3 Å². The molecule has 0 radical (unpaired) electrons. The van der Waals surface area contributed by atoms with Crippen LogP contribution in [-0.4, -0.2) is 29.0 Å². The van der Waals surface area contributed by atoms with Gasteiger partial charge in [-0.3, -0.25) is 9.36 Å². The fraction of sp³-hybridized carbons (Fsp3) is 0.208. The van der Waals surface area contributed by atoms with E-state index in [1.165, 1.54) is 15.9 Å². The number of hydrogen-bond acceptors (Lipinski definition) is 8. The molecular weight excluding hydrogens is 651 g/mol. The van der Waals surface area contributed by atoms with Gasteiger partial charge >= 0.3 is 5.97 Å². The number of carbonyl (C=O) groups is 1. The molecule has 35 heavy (non-hydrogen) atoms. The van der Waals surface area contributed by atoms with Crippen LogP contribution in [0.3, 0.4) is 0 Å². The molecule has 0 spiro atoms. The molecule has 1 unspecified atom stereocenters. The van der Waals surface area contributed by atoms with E-state index in [0.29, 0.717) is 41.2 Å². The molecule has 0 saturated heterocycles. The highest BCUT2D eigenvalue weighted by Crippen LogP contribution is 2.38. The Bertz CT molecular complexity index is 1590. The fourth-order valence-electron chi connectivity index (χ4n) is 4.03. The van der Waals surface area contributed by atoms with Crippen molar-refractivity contribution in [2.75, 3.05) is 13.4 Å². The second kappa shape index (κ2) is 9.43. The number of thiazole rings is 1. The molecule has 0 fully saturated rings. The molecular formula is C24H18BrIN2O6S. The number of esters is 1. The van der Waals surface area contributed by atoms with E-state index in [9.17, 15) is 14.7 Å². The molecule has 11 heteroatoms. The van der Waals surface area contributed by atoms with E-state index < -0.39 is 12.0 Å². The highest BCUT2D eigenvalue weighted by atomic mass is 127. The number of carbonyl (C=O) groups excluding carboxylic acids is 1. The Morgan fingerprint density at radius 3 is 2.89 bits per heavy atom. The van der Waals surface area contributed by atoms with Crippen LogP contribution in [0.5, 0.6) is 17.2 Å². The van der Waals surface area contributed by atoms with Crippen LogP contribution >= 0.6 is 49.9 Å². The van der Waals surface area contributed by atoms with Gasteiger partial charge in [0.1, 0.15) is 5.75 Å². The maximum absolute atomic E-state index is 13.7. The van der Waals surface area contributed by atoms with Gasteiger partial charge in [-0.15, -0.1) is 0 Å². The fourth-order valence-corrected chi connectivity index (χ4v) is 6.62. The minimum Gasteiger partial charge on any atom is -0.506 e. The van der Waals surface area contributed by atoms with E-state index in [0.717, 1.165) is 4.47 Å². The maximum Gasteiger partial charge on any atom is 0.338 e. The number of nitrogens with zero attached hydrogens (tertiary/aromatic N) is 2. The number of phenols is 1. The molecule has 1 N–H and O–H groups in total. The summed E-state index contributed by atoms with van der Waals surface area (Å²) in [5.74, 6) is 0.677. The average molecular weight is 669 g/mol. The van der Waals surface area contributed by atoms with E-state index in [4.69, 9.17) is 14.2 Å². The number of phenolic OH excluding ortho intramolecular Hbond substituents is 1. The predicted molar refractivity (Wildman–Crippen MR) is 141 cm³/mol. The predicted octanol–water partition coefficient (Wildman–Crippen LogP) is 3.60. The molecule has 0 aliphatic carbocycles. The van der Waals surface area contributed by atoms with Gasteiger partial charge < -0.3 is 19.3 Å². The number of allylic oxidation sites excluding steroid dienone is 1. The zero-order valence-corrected chi connectivity index (χ0v) is 23.1. The van der Waals surface area contributed by atoms with Crippen molar-refractivity contribution in [1.82, 2.24) is 4.57 Å². The Hall–Kier alpha value is -2.64. The first-order valence-electron chi connectivity index (χ1n) is 10.6. The second-order valence-corrected chi connectivity index (χ2v) is 10.8. The molecule has 180 valence electrons. The number of fused-ring (bicyclic) bond motifs is 2. The van der Waals surface area contributed by atoms with Crippen molar-refractivity contribution in [2.24, 2.45) is 4.99 Å². The van der Waals surface area contributed by atoms with Gasteiger partial charge in [0.05, 0.1) is 32.0 Å². The van der Waals surface area contributed by atoms with Crippen molar-refractivity contribution in [3.05, 3.63) is 80.5 Å².